The van der Waals surface area contributed by atoms with Crippen LogP contribution in [0.4, 0.5) is 4.39 Å². The summed E-state index contributed by atoms with van der Waals surface area (Å²) in [5, 5.41) is 2.08. The van der Waals surface area contributed by atoms with Gasteiger partial charge in [-0.25, -0.2) is 9.38 Å². The molecule has 24 heavy (non-hydrogen) atoms. The van der Waals surface area contributed by atoms with Crippen molar-refractivity contribution in [3.05, 3.63) is 70.6 Å². The summed E-state index contributed by atoms with van der Waals surface area (Å²) in [5.41, 5.74) is 2.41. The van der Waals surface area contributed by atoms with Gasteiger partial charge in [-0.3, -0.25) is 4.90 Å². The van der Waals surface area contributed by atoms with Crippen LogP contribution in [0.5, 0.6) is 0 Å². The third-order valence-electron chi connectivity index (χ3n) is 4.58. The maximum Gasteiger partial charge on any atom is 0.273 e. The second-order valence-corrected chi connectivity index (χ2v) is 6.62. The molecule has 0 radical (unpaired) electrons. The van der Waals surface area contributed by atoms with Crippen molar-refractivity contribution in [2.75, 3.05) is 13.1 Å². The van der Waals surface area contributed by atoms with E-state index in [1.54, 1.807) is 12.3 Å². The molecule has 1 saturated heterocycles. The van der Waals surface area contributed by atoms with Crippen molar-refractivity contribution < 1.29 is 4.39 Å². The Morgan fingerprint density at radius 3 is 2.75 bits per heavy atom. The largest absolute Gasteiger partial charge is 0.299 e. The first-order valence-electron chi connectivity index (χ1n) is 8.18. The van der Waals surface area contributed by atoms with E-state index in [0.717, 1.165) is 41.3 Å². The Hall–Kier alpha value is -2.06. The Morgan fingerprint density at radius 2 is 1.96 bits per heavy atom. The van der Waals surface area contributed by atoms with E-state index in [1.165, 1.54) is 12.8 Å². The predicted molar refractivity (Wildman–Crippen MR) is 94.2 cm³/mol. The maximum absolute atomic E-state index is 14.6. The molecule has 0 bridgehead atoms. The van der Waals surface area contributed by atoms with Gasteiger partial charge in [-0.1, -0.05) is 12.1 Å². The van der Waals surface area contributed by atoms with Gasteiger partial charge in [0.15, 0.2) is 16.8 Å². The molecule has 2 aliphatic rings. The number of rotatable bonds is 3. The summed E-state index contributed by atoms with van der Waals surface area (Å²) in [7, 11) is 0. The van der Waals surface area contributed by atoms with Gasteiger partial charge in [-0.2, -0.15) is 0 Å². The molecule has 0 atom stereocenters. The first kappa shape index (κ1) is 15.5. The van der Waals surface area contributed by atoms with Gasteiger partial charge in [-0.05, 0) is 61.3 Å². The van der Waals surface area contributed by atoms with E-state index < -0.39 is 0 Å². The molecule has 2 aliphatic heterocycles. The Kier molecular flexibility index (Phi) is 4.15. The number of likely N-dealkylation sites (tertiary alicyclic amines) is 1. The van der Waals surface area contributed by atoms with Gasteiger partial charge in [0.05, 0.1) is 0 Å². The van der Waals surface area contributed by atoms with Crippen molar-refractivity contribution in [3.63, 3.8) is 0 Å². The highest BCUT2D eigenvalue weighted by molar-refractivity contribution is 6.46. The molecule has 2 aromatic rings. The number of benzene rings is 2. The van der Waals surface area contributed by atoms with Crippen LogP contribution in [0.1, 0.15) is 18.4 Å². The van der Waals surface area contributed by atoms with Gasteiger partial charge < -0.3 is 0 Å². The van der Waals surface area contributed by atoms with Crippen LogP contribution in [0.3, 0.4) is 0 Å². The van der Waals surface area contributed by atoms with Crippen molar-refractivity contribution >= 4 is 16.6 Å². The normalized spacial score (nSPS) is 16.7. The molecule has 1 fully saturated rings. The van der Waals surface area contributed by atoms with Gasteiger partial charge in [-0.15, -0.1) is 0 Å². The second kappa shape index (κ2) is 6.45. The molecule has 2 nitrogen and oxygen atoms in total. The zero-order chi connectivity index (χ0) is 16.5. The minimum absolute atomic E-state index is 0.199. The van der Waals surface area contributed by atoms with Gasteiger partial charge in [0.1, 0.15) is 11.9 Å². The number of hydrogen-bond acceptors (Lipinski definition) is 2. The average Bonchev–Trinajstić information content (AvgIpc) is 3.08. The topological polar surface area (TPSA) is 15.6 Å². The molecular formula is C20H17ClFN2+. The third-order valence-corrected chi connectivity index (χ3v) is 4.89. The Labute approximate surface area is 145 Å². The lowest BCUT2D eigenvalue weighted by Crippen LogP contribution is -2.27. The molecule has 4 heteroatoms. The lowest BCUT2D eigenvalue weighted by molar-refractivity contribution is 0.331. The lowest BCUT2D eigenvalue weighted by Gasteiger charge is -2.15. The fraction of sp³-hybridized carbons (Fsp3) is 0.250. The van der Waals surface area contributed by atoms with Crippen molar-refractivity contribution in [1.82, 2.24) is 4.90 Å². The molecule has 0 aliphatic carbocycles. The quantitative estimate of drug-likeness (QED) is 0.783. The monoisotopic (exact) mass is 339 g/mol. The second-order valence-electron chi connectivity index (χ2n) is 6.25. The molecule has 0 unspecified atom stereocenters. The number of fused-ring (bicyclic) bond motifs is 1. The first-order valence-corrected chi connectivity index (χ1v) is 8.55. The molecule has 2 aromatic carbocycles. The van der Waals surface area contributed by atoms with Crippen molar-refractivity contribution in [1.29, 1.82) is 0 Å². The Balaban J connectivity index is 1.68. The van der Waals surface area contributed by atoms with Gasteiger partial charge >= 0.3 is 0 Å². The van der Waals surface area contributed by atoms with Crippen molar-refractivity contribution in [2.24, 2.45) is 4.99 Å². The van der Waals surface area contributed by atoms with Crippen LogP contribution in [-0.2, 0) is 6.54 Å². The molecule has 4 rings (SSSR count). The van der Waals surface area contributed by atoms with Crippen LogP contribution >= 0.6 is 11.6 Å². The van der Waals surface area contributed by atoms with E-state index in [1.807, 2.05) is 30.3 Å². The van der Waals surface area contributed by atoms with Crippen LogP contribution in [-0.4, -0.2) is 18.0 Å². The first-order chi connectivity index (χ1) is 11.7. The van der Waals surface area contributed by atoms with E-state index in [2.05, 4.69) is 16.0 Å². The maximum atomic E-state index is 14.6. The molecule has 0 amide bonds. The summed E-state index contributed by atoms with van der Waals surface area (Å²) >= 11 is 6.18. The number of hydrogen-bond donors (Lipinski definition) is 0. The van der Waals surface area contributed by atoms with E-state index in [4.69, 9.17) is 11.6 Å². The van der Waals surface area contributed by atoms with Gasteiger partial charge in [0.25, 0.3) is 5.03 Å². The average molecular weight is 340 g/mol. The van der Waals surface area contributed by atoms with E-state index in [-0.39, 0.29) is 5.82 Å². The summed E-state index contributed by atoms with van der Waals surface area (Å²) in [4.78, 5) is 6.60. The standard InChI is InChI=1S/C20H17ClFN2/c21-18-7-8-23-20-6-4-15(12-17(18)20)16-5-3-14(11-19(16)22)13-24-9-1-2-10-24/h3-6,8,11-12H,1-2,9-10,13H2/q+1. The summed E-state index contributed by atoms with van der Waals surface area (Å²) in [6.07, 6.45) is 6.90. The minimum atomic E-state index is -0.199. The lowest BCUT2D eigenvalue weighted by atomic mass is 10.0. The number of nitrogens with zero attached hydrogens (tertiary/aromatic N) is 2. The van der Waals surface area contributed by atoms with Crippen LogP contribution in [0, 0.1) is 11.9 Å². The summed E-state index contributed by atoms with van der Waals surface area (Å²) in [6, 6.07) is 11.1. The zero-order valence-electron chi connectivity index (χ0n) is 13.2. The summed E-state index contributed by atoms with van der Waals surface area (Å²) in [5.74, 6) is -0.199. The molecule has 0 N–H and O–H groups in total. The molecule has 0 saturated carbocycles. The summed E-state index contributed by atoms with van der Waals surface area (Å²) in [6.45, 7) is 3.03. The SMILES string of the molecule is Fc1cc(CN2CCCC2)ccc1-c1ccc2c(c1)=C(Cl)[C+]=CN=2. The van der Waals surface area contributed by atoms with Gasteiger partial charge in [0, 0.05) is 23.7 Å². The third kappa shape index (κ3) is 2.99. The van der Waals surface area contributed by atoms with E-state index in [9.17, 15) is 4.39 Å². The highest BCUT2D eigenvalue weighted by Gasteiger charge is 2.15. The van der Waals surface area contributed by atoms with Crippen LogP contribution < -0.4 is 10.6 Å². The minimum Gasteiger partial charge on any atom is -0.299 e. The molecular weight excluding hydrogens is 323 g/mol. The molecule has 2 heterocycles. The van der Waals surface area contributed by atoms with Crippen LogP contribution in [0.15, 0.2) is 47.6 Å². The van der Waals surface area contributed by atoms with Crippen molar-refractivity contribution in [3.8, 4) is 11.1 Å². The molecule has 0 spiro atoms. The molecule has 120 valence electrons. The van der Waals surface area contributed by atoms with Gasteiger partial charge in [0.2, 0.25) is 0 Å². The fourth-order valence-corrected chi connectivity index (χ4v) is 3.52. The van der Waals surface area contributed by atoms with E-state index in [0.29, 0.717) is 10.6 Å². The highest BCUT2D eigenvalue weighted by atomic mass is 35.5. The Morgan fingerprint density at radius 1 is 1.12 bits per heavy atom. The predicted octanol–water partition coefficient (Wildman–Crippen LogP) is 3.39. The van der Waals surface area contributed by atoms with Crippen molar-refractivity contribution in [2.45, 2.75) is 19.4 Å². The Bertz CT molecular complexity index is 927. The van der Waals surface area contributed by atoms with Crippen LogP contribution in [0.2, 0.25) is 0 Å². The van der Waals surface area contributed by atoms with E-state index >= 15 is 0 Å². The fourth-order valence-electron chi connectivity index (χ4n) is 3.32. The summed E-state index contributed by atoms with van der Waals surface area (Å²) < 4.78 is 14.6. The smallest absolute Gasteiger partial charge is 0.273 e. The van der Waals surface area contributed by atoms with Crippen LogP contribution in [0.25, 0.3) is 16.2 Å². The molecule has 0 aromatic heterocycles. The zero-order valence-corrected chi connectivity index (χ0v) is 14.0. The number of allylic oxidation sites excluding steroid dienone is 1. The number of halogens is 2. The highest BCUT2D eigenvalue weighted by Crippen LogP contribution is 2.23.